The van der Waals surface area contributed by atoms with Crippen molar-refractivity contribution >= 4 is 85.8 Å². The van der Waals surface area contributed by atoms with Crippen molar-refractivity contribution in [1.29, 1.82) is 0 Å². The number of hydrogen-bond donors (Lipinski definition) is 0. The summed E-state index contributed by atoms with van der Waals surface area (Å²) in [6.45, 7) is 4.72. The minimum absolute atomic E-state index is 0.0621. The largest absolute Gasteiger partial charge is 0.456 e. The third-order valence-electron chi connectivity index (χ3n) is 13.2. The van der Waals surface area contributed by atoms with Gasteiger partial charge >= 0.3 is 0 Å². The Bertz CT molecular complexity index is 3710. The normalized spacial score (nSPS) is 13.4. The molecular weight excluding hydrogens is 733 g/mol. The monoisotopic (exact) mass is 768 g/mol. The summed E-state index contributed by atoms with van der Waals surface area (Å²) in [5, 5.41) is 12.5. The van der Waals surface area contributed by atoms with Gasteiger partial charge in [0.25, 0.3) is 0 Å². The van der Waals surface area contributed by atoms with E-state index in [4.69, 9.17) is 4.42 Å². The number of hydrogen-bond acceptors (Lipinski definition) is 2. The van der Waals surface area contributed by atoms with E-state index >= 15 is 0 Å². The first-order valence-electron chi connectivity index (χ1n) is 20.5. The third kappa shape index (κ3) is 4.72. The van der Waals surface area contributed by atoms with Gasteiger partial charge in [-0.1, -0.05) is 135 Å². The van der Waals surface area contributed by atoms with Gasteiger partial charge in [0.1, 0.15) is 11.2 Å². The fraction of sp³-hybridized carbons (Fsp3) is 0.0526. The number of thiophene rings is 1. The predicted molar refractivity (Wildman–Crippen MR) is 253 cm³/mol. The van der Waals surface area contributed by atoms with Crippen molar-refractivity contribution < 1.29 is 4.42 Å². The van der Waals surface area contributed by atoms with E-state index in [2.05, 4.69) is 196 Å². The highest BCUT2D eigenvalue weighted by atomic mass is 32.1. The van der Waals surface area contributed by atoms with Gasteiger partial charge in [0.05, 0.1) is 0 Å². The highest BCUT2D eigenvalue weighted by Gasteiger charge is 2.36. The molecule has 0 unspecified atom stereocenters. The van der Waals surface area contributed by atoms with Crippen molar-refractivity contribution in [2.24, 2.45) is 0 Å². The molecule has 1 aliphatic rings. The van der Waals surface area contributed by atoms with Crippen LogP contribution in [-0.2, 0) is 5.41 Å². The summed E-state index contributed by atoms with van der Waals surface area (Å²) in [6.07, 6.45) is 0. The maximum absolute atomic E-state index is 6.53. The van der Waals surface area contributed by atoms with Crippen LogP contribution in [0.25, 0.3) is 119 Å². The Balaban J connectivity index is 0.979. The van der Waals surface area contributed by atoms with E-state index in [1.54, 1.807) is 0 Å². The second-order valence-electron chi connectivity index (χ2n) is 16.8. The van der Waals surface area contributed by atoms with Crippen LogP contribution in [0.15, 0.2) is 186 Å². The molecule has 2 heteroatoms. The maximum Gasteiger partial charge on any atom is 0.135 e. The molecule has 10 aromatic carbocycles. The third-order valence-corrected chi connectivity index (χ3v) is 14.4. The molecule has 0 saturated heterocycles. The molecule has 0 aliphatic heterocycles. The molecule has 0 spiro atoms. The zero-order valence-corrected chi connectivity index (χ0v) is 33.5. The molecule has 1 nitrogen and oxygen atoms in total. The van der Waals surface area contributed by atoms with Crippen molar-refractivity contribution in [2.75, 3.05) is 0 Å². The summed E-state index contributed by atoms with van der Waals surface area (Å²) in [7, 11) is 0. The first-order valence-corrected chi connectivity index (χ1v) is 21.3. The van der Waals surface area contributed by atoms with Gasteiger partial charge in [-0.05, 0) is 149 Å². The topological polar surface area (TPSA) is 13.1 Å². The van der Waals surface area contributed by atoms with E-state index in [0.29, 0.717) is 0 Å². The molecule has 2 heterocycles. The minimum atomic E-state index is -0.0621. The zero-order chi connectivity index (χ0) is 39.0. The first kappa shape index (κ1) is 33.0. The number of fused-ring (bicyclic) bond motifs is 12. The molecule has 1 aliphatic carbocycles. The van der Waals surface area contributed by atoms with E-state index in [0.717, 1.165) is 21.9 Å². The standard InChI is InChI=1S/C57H36OS/c1-57(2)49-23-19-35(28-44(49)45-27-33-11-3-4-12-34(33)32-50(45)57)36-20-24-51-46(29-36)47-30-37(21-25-52(47)58-51)55-40-14-5-7-16-42(40)56(43-17-8-6-15-41(43)55)38-22-26-54-48(31-38)39-13-9-10-18-53(39)59-54/h3-32H,1-2H3. The molecular formula is C57H36OS. The summed E-state index contributed by atoms with van der Waals surface area (Å²) in [5.74, 6) is 0. The Morgan fingerprint density at radius 1 is 0.356 bits per heavy atom. The van der Waals surface area contributed by atoms with Gasteiger partial charge in [0, 0.05) is 36.4 Å². The van der Waals surface area contributed by atoms with Gasteiger partial charge in [0.15, 0.2) is 0 Å². The molecule has 0 N–H and O–H groups in total. The van der Waals surface area contributed by atoms with Crippen LogP contribution in [0.4, 0.5) is 0 Å². The molecule has 0 saturated carbocycles. The zero-order valence-electron chi connectivity index (χ0n) is 32.6. The van der Waals surface area contributed by atoms with E-state index < -0.39 is 0 Å². The first-order chi connectivity index (χ1) is 29.0. The van der Waals surface area contributed by atoms with Crippen LogP contribution in [0.5, 0.6) is 0 Å². The molecule has 0 radical (unpaired) electrons. The van der Waals surface area contributed by atoms with Crippen LogP contribution in [0.2, 0.25) is 0 Å². The second-order valence-corrected chi connectivity index (χ2v) is 17.9. The van der Waals surface area contributed by atoms with E-state index in [9.17, 15) is 0 Å². The molecule has 0 atom stereocenters. The molecule has 0 fully saturated rings. The Kier molecular flexibility index (Phi) is 6.73. The molecule has 276 valence electrons. The average Bonchev–Trinajstić information content (AvgIpc) is 3.91. The van der Waals surface area contributed by atoms with E-state index in [1.807, 2.05) is 11.3 Å². The lowest BCUT2D eigenvalue weighted by molar-refractivity contribution is 0.661. The van der Waals surface area contributed by atoms with Gasteiger partial charge < -0.3 is 4.42 Å². The van der Waals surface area contributed by atoms with Crippen molar-refractivity contribution in [3.05, 3.63) is 193 Å². The van der Waals surface area contributed by atoms with Gasteiger partial charge in [-0.2, -0.15) is 0 Å². The average molecular weight is 769 g/mol. The minimum Gasteiger partial charge on any atom is -0.456 e. The number of rotatable bonds is 3. The summed E-state index contributed by atoms with van der Waals surface area (Å²) in [6, 6.07) is 67.7. The molecule has 0 bridgehead atoms. The summed E-state index contributed by atoms with van der Waals surface area (Å²) in [4.78, 5) is 0. The smallest absolute Gasteiger partial charge is 0.135 e. The lowest BCUT2D eigenvalue weighted by Crippen LogP contribution is -2.14. The van der Waals surface area contributed by atoms with Crippen LogP contribution >= 0.6 is 11.3 Å². The van der Waals surface area contributed by atoms with Crippen molar-refractivity contribution in [1.82, 2.24) is 0 Å². The highest BCUT2D eigenvalue weighted by molar-refractivity contribution is 7.25. The fourth-order valence-electron chi connectivity index (χ4n) is 10.4. The molecule has 59 heavy (non-hydrogen) atoms. The highest BCUT2D eigenvalue weighted by Crippen LogP contribution is 2.51. The van der Waals surface area contributed by atoms with Gasteiger partial charge in [0.2, 0.25) is 0 Å². The molecule has 0 amide bonds. The Morgan fingerprint density at radius 3 is 1.51 bits per heavy atom. The van der Waals surface area contributed by atoms with Crippen LogP contribution in [0.1, 0.15) is 25.0 Å². The van der Waals surface area contributed by atoms with Gasteiger partial charge in [-0.15, -0.1) is 11.3 Å². The van der Waals surface area contributed by atoms with E-state index in [-0.39, 0.29) is 5.41 Å². The van der Waals surface area contributed by atoms with Crippen LogP contribution in [-0.4, -0.2) is 0 Å². The Labute approximate surface area is 345 Å². The lowest BCUT2D eigenvalue weighted by Gasteiger charge is -2.22. The second kappa shape index (κ2) is 12.0. The Hall–Kier alpha value is -7.00. The summed E-state index contributed by atoms with van der Waals surface area (Å²) < 4.78 is 9.19. The number of benzene rings is 10. The molecule has 2 aromatic heterocycles. The van der Waals surface area contributed by atoms with E-state index in [1.165, 1.54) is 108 Å². The van der Waals surface area contributed by atoms with Gasteiger partial charge in [-0.25, -0.2) is 0 Å². The fourth-order valence-corrected chi connectivity index (χ4v) is 11.4. The van der Waals surface area contributed by atoms with Crippen molar-refractivity contribution in [3.63, 3.8) is 0 Å². The molecule has 12 aromatic rings. The summed E-state index contributed by atoms with van der Waals surface area (Å²) in [5.41, 5.74) is 14.6. The van der Waals surface area contributed by atoms with Crippen LogP contribution in [0, 0.1) is 0 Å². The maximum atomic E-state index is 6.53. The summed E-state index contributed by atoms with van der Waals surface area (Å²) >= 11 is 1.87. The van der Waals surface area contributed by atoms with Crippen LogP contribution < -0.4 is 0 Å². The van der Waals surface area contributed by atoms with Crippen molar-refractivity contribution in [3.8, 4) is 44.5 Å². The lowest BCUT2D eigenvalue weighted by atomic mass is 9.81. The van der Waals surface area contributed by atoms with Gasteiger partial charge in [-0.3, -0.25) is 0 Å². The number of furan rings is 1. The van der Waals surface area contributed by atoms with Crippen molar-refractivity contribution in [2.45, 2.75) is 19.3 Å². The Morgan fingerprint density at radius 2 is 0.831 bits per heavy atom. The van der Waals surface area contributed by atoms with Crippen LogP contribution in [0.3, 0.4) is 0 Å². The predicted octanol–water partition coefficient (Wildman–Crippen LogP) is 16.7. The quantitative estimate of drug-likeness (QED) is 0.163. The molecule has 13 rings (SSSR count). The SMILES string of the molecule is CC1(C)c2ccc(-c3ccc4oc5ccc(-c6c7ccccc7c(-c7ccc8sc9ccccc9c8c7)c7ccccc67)cc5c4c3)cc2-c2cc3ccccc3cc21.